The molecule has 3 nitrogen and oxygen atoms in total. The van der Waals surface area contributed by atoms with Crippen molar-refractivity contribution in [2.75, 3.05) is 13.7 Å². The van der Waals surface area contributed by atoms with Crippen LogP contribution in [0.25, 0.3) is 23.1 Å². The van der Waals surface area contributed by atoms with Crippen LogP contribution in [0.3, 0.4) is 0 Å². The summed E-state index contributed by atoms with van der Waals surface area (Å²) >= 11 is 0. The van der Waals surface area contributed by atoms with Crippen molar-refractivity contribution < 1.29 is 9.47 Å². The summed E-state index contributed by atoms with van der Waals surface area (Å²) in [6, 6.07) is 18.4. The van der Waals surface area contributed by atoms with Gasteiger partial charge in [-0.15, -0.1) is 0 Å². The fourth-order valence-corrected chi connectivity index (χ4v) is 4.03. The number of hydrogen-bond acceptors (Lipinski definition) is 3. The molecule has 3 heteroatoms. The number of nitrogens with zero attached hydrogens (tertiary/aromatic N) is 1. The average Bonchev–Trinajstić information content (AvgIpc) is 2.86. The summed E-state index contributed by atoms with van der Waals surface area (Å²) in [5.41, 5.74) is 3.01. The van der Waals surface area contributed by atoms with Gasteiger partial charge in [-0.25, -0.2) is 4.98 Å². The molecule has 33 heavy (non-hydrogen) atoms. The third-order valence-electron chi connectivity index (χ3n) is 6.01. The molecule has 0 bridgehead atoms. The van der Waals surface area contributed by atoms with E-state index >= 15 is 0 Å². The molecule has 2 aromatic carbocycles. The Morgan fingerprint density at radius 3 is 2.21 bits per heavy atom. The topological polar surface area (TPSA) is 31.4 Å². The summed E-state index contributed by atoms with van der Waals surface area (Å²) in [6.07, 6.45) is 17.4. The molecule has 0 saturated heterocycles. The van der Waals surface area contributed by atoms with Crippen LogP contribution in [0.4, 0.5) is 0 Å². The number of aromatic nitrogens is 1. The molecule has 0 spiro atoms. The summed E-state index contributed by atoms with van der Waals surface area (Å²) in [6.45, 7) is 3.01. The second-order valence-electron chi connectivity index (χ2n) is 8.70. The van der Waals surface area contributed by atoms with Gasteiger partial charge in [0, 0.05) is 5.39 Å². The van der Waals surface area contributed by atoms with E-state index in [2.05, 4.69) is 31.2 Å². The van der Waals surface area contributed by atoms with Gasteiger partial charge >= 0.3 is 0 Å². The van der Waals surface area contributed by atoms with Crippen molar-refractivity contribution in [1.82, 2.24) is 4.98 Å². The number of para-hydroxylation sites is 1. The molecule has 0 aliphatic carbocycles. The van der Waals surface area contributed by atoms with Crippen LogP contribution in [0.15, 0.2) is 54.6 Å². The molecule has 0 N–H and O–H groups in total. The molecule has 0 unspecified atom stereocenters. The van der Waals surface area contributed by atoms with Crippen molar-refractivity contribution in [3.63, 3.8) is 0 Å². The second kappa shape index (κ2) is 14.4. The number of unbranched alkanes of at least 4 members (excludes halogenated alkanes) is 9. The van der Waals surface area contributed by atoms with E-state index in [4.69, 9.17) is 14.5 Å². The molecule has 0 fully saturated rings. The highest BCUT2D eigenvalue weighted by molar-refractivity contribution is 5.80. The lowest BCUT2D eigenvalue weighted by molar-refractivity contribution is 0.284. The zero-order chi connectivity index (χ0) is 23.1. The van der Waals surface area contributed by atoms with Crippen molar-refractivity contribution in [3.05, 3.63) is 65.9 Å². The van der Waals surface area contributed by atoms with Crippen LogP contribution in [-0.2, 0) is 0 Å². The first-order valence-corrected chi connectivity index (χ1v) is 12.6. The average molecular weight is 446 g/mol. The van der Waals surface area contributed by atoms with Crippen LogP contribution in [0.1, 0.15) is 82.4 Å². The molecule has 0 aliphatic heterocycles. The standard InChI is InChI=1S/C30H39NO2/c1-3-4-5-6-7-8-9-10-11-14-23-33-29-22-18-25(24-30(29)32-2)17-20-27-21-19-26-15-12-13-16-28(26)31-27/h12-13,15-22,24H,3-11,14,23H2,1-2H3. The lowest BCUT2D eigenvalue weighted by Gasteiger charge is -2.11. The van der Waals surface area contributed by atoms with Gasteiger partial charge in [-0.05, 0) is 42.3 Å². The normalized spacial score (nSPS) is 11.3. The van der Waals surface area contributed by atoms with Crippen LogP contribution >= 0.6 is 0 Å². The van der Waals surface area contributed by atoms with Gasteiger partial charge in [0.05, 0.1) is 24.9 Å². The maximum Gasteiger partial charge on any atom is 0.161 e. The monoisotopic (exact) mass is 445 g/mol. The van der Waals surface area contributed by atoms with Crippen molar-refractivity contribution >= 4 is 23.1 Å². The summed E-state index contributed by atoms with van der Waals surface area (Å²) in [5, 5.41) is 1.15. The minimum atomic E-state index is 0.739. The van der Waals surface area contributed by atoms with Crippen LogP contribution in [0, 0.1) is 0 Å². The Morgan fingerprint density at radius 1 is 0.727 bits per heavy atom. The Kier molecular flexibility index (Phi) is 10.8. The van der Waals surface area contributed by atoms with Crippen LogP contribution in [0.5, 0.6) is 11.5 Å². The quantitative estimate of drug-likeness (QED) is 0.219. The highest BCUT2D eigenvalue weighted by Crippen LogP contribution is 2.29. The van der Waals surface area contributed by atoms with Gasteiger partial charge in [0.25, 0.3) is 0 Å². The molecule has 3 rings (SSSR count). The minimum Gasteiger partial charge on any atom is -0.493 e. The third-order valence-corrected chi connectivity index (χ3v) is 6.01. The zero-order valence-corrected chi connectivity index (χ0v) is 20.4. The molecular formula is C30H39NO2. The summed E-state index contributed by atoms with van der Waals surface area (Å²) in [7, 11) is 1.70. The number of fused-ring (bicyclic) bond motifs is 1. The highest BCUT2D eigenvalue weighted by atomic mass is 16.5. The molecule has 176 valence electrons. The second-order valence-corrected chi connectivity index (χ2v) is 8.70. The minimum absolute atomic E-state index is 0.739. The highest BCUT2D eigenvalue weighted by Gasteiger charge is 2.05. The number of benzene rings is 2. The molecule has 0 aliphatic rings. The van der Waals surface area contributed by atoms with E-state index in [0.29, 0.717) is 0 Å². The number of hydrogen-bond donors (Lipinski definition) is 0. The Hall–Kier alpha value is -2.81. The van der Waals surface area contributed by atoms with E-state index in [1.165, 1.54) is 57.8 Å². The fourth-order valence-electron chi connectivity index (χ4n) is 4.03. The van der Waals surface area contributed by atoms with Gasteiger partial charge < -0.3 is 9.47 Å². The summed E-state index contributed by atoms with van der Waals surface area (Å²) < 4.78 is 11.6. The Balaban J connectivity index is 1.41. The van der Waals surface area contributed by atoms with Gasteiger partial charge in [0.15, 0.2) is 11.5 Å². The molecule has 1 aromatic heterocycles. The maximum absolute atomic E-state index is 6.00. The van der Waals surface area contributed by atoms with Crippen LogP contribution in [0.2, 0.25) is 0 Å². The van der Waals surface area contributed by atoms with Gasteiger partial charge in [-0.2, -0.15) is 0 Å². The van der Waals surface area contributed by atoms with Gasteiger partial charge in [0.1, 0.15) is 0 Å². The number of ether oxygens (including phenoxy) is 2. The molecular weight excluding hydrogens is 406 g/mol. The third kappa shape index (κ3) is 8.57. The molecule has 3 aromatic rings. The Morgan fingerprint density at radius 2 is 1.45 bits per heavy atom. The van der Waals surface area contributed by atoms with E-state index < -0.39 is 0 Å². The molecule has 0 radical (unpaired) electrons. The van der Waals surface area contributed by atoms with Crippen molar-refractivity contribution in [2.24, 2.45) is 0 Å². The maximum atomic E-state index is 6.00. The smallest absolute Gasteiger partial charge is 0.161 e. The predicted molar refractivity (Wildman–Crippen MR) is 141 cm³/mol. The van der Waals surface area contributed by atoms with Gasteiger partial charge in [-0.3, -0.25) is 0 Å². The van der Waals surface area contributed by atoms with E-state index in [9.17, 15) is 0 Å². The van der Waals surface area contributed by atoms with E-state index in [0.717, 1.165) is 46.7 Å². The number of methoxy groups -OCH3 is 1. The lowest BCUT2D eigenvalue weighted by atomic mass is 10.1. The van der Waals surface area contributed by atoms with Gasteiger partial charge in [0.2, 0.25) is 0 Å². The number of pyridine rings is 1. The molecule has 0 amide bonds. The molecule has 1 heterocycles. The fraction of sp³-hybridized carbons (Fsp3) is 0.433. The van der Waals surface area contributed by atoms with Crippen LogP contribution in [-0.4, -0.2) is 18.7 Å². The molecule has 0 saturated carbocycles. The number of rotatable bonds is 15. The van der Waals surface area contributed by atoms with Crippen molar-refractivity contribution in [3.8, 4) is 11.5 Å². The summed E-state index contributed by atoms with van der Waals surface area (Å²) in [4.78, 5) is 4.70. The van der Waals surface area contributed by atoms with Crippen LogP contribution < -0.4 is 9.47 Å². The van der Waals surface area contributed by atoms with Gasteiger partial charge in [-0.1, -0.05) is 101 Å². The van der Waals surface area contributed by atoms with E-state index in [1.807, 2.05) is 42.5 Å². The first-order valence-electron chi connectivity index (χ1n) is 12.6. The lowest BCUT2D eigenvalue weighted by Crippen LogP contribution is -1.99. The largest absolute Gasteiger partial charge is 0.493 e. The van der Waals surface area contributed by atoms with E-state index in [-0.39, 0.29) is 0 Å². The van der Waals surface area contributed by atoms with Crippen molar-refractivity contribution in [1.29, 1.82) is 0 Å². The predicted octanol–water partition coefficient (Wildman–Crippen LogP) is 8.71. The zero-order valence-electron chi connectivity index (χ0n) is 20.4. The Labute approximate surface area is 199 Å². The Bertz CT molecular complexity index is 996. The summed E-state index contributed by atoms with van der Waals surface area (Å²) in [5.74, 6) is 1.59. The SMILES string of the molecule is CCCCCCCCCCCCOc1ccc(C=Cc2ccc3ccccc3n2)cc1OC. The first-order chi connectivity index (χ1) is 16.3. The first kappa shape index (κ1) is 24.8. The molecule has 0 atom stereocenters. The van der Waals surface area contributed by atoms with Crippen molar-refractivity contribution in [2.45, 2.75) is 71.1 Å². The van der Waals surface area contributed by atoms with E-state index in [1.54, 1.807) is 7.11 Å².